The van der Waals surface area contributed by atoms with Crippen molar-refractivity contribution in [3.05, 3.63) is 89.5 Å². The Kier molecular flexibility index (Phi) is 6.92. The van der Waals surface area contributed by atoms with Crippen LogP contribution in [-0.4, -0.2) is 51.4 Å². The van der Waals surface area contributed by atoms with Crippen molar-refractivity contribution in [1.29, 1.82) is 0 Å². The highest BCUT2D eigenvalue weighted by molar-refractivity contribution is 5.87. The van der Waals surface area contributed by atoms with Crippen LogP contribution in [0.3, 0.4) is 0 Å². The lowest BCUT2D eigenvalue weighted by atomic mass is 10.0. The molecule has 0 unspecified atom stereocenters. The van der Waals surface area contributed by atoms with E-state index in [1.54, 1.807) is 43.0 Å². The zero-order valence-electron chi connectivity index (χ0n) is 16.8. The quantitative estimate of drug-likeness (QED) is 0.696. The molecule has 4 rings (SSSR count). The molecule has 0 fully saturated rings. The Morgan fingerprint density at radius 3 is 2.59 bits per heavy atom. The summed E-state index contributed by atoms with van der Waals surface area (Å²) in [6, 6.07) is 15.1. The van der Waals surface area contributed by atoms with E-state index in [9.17, 15) is 4.79 Å². The van der Waals surface area contributed by atoms with Gasteiger partial charge in [-0.25, -0.2) is 14.5 Å². The molecule has 1 N–H and O–H groups in total. The van der Waals surface area contributed by atoms with Crippen LogP contribution in [0.4, 0.5) is 0 Å². The minimum absolute atomic E-state index is 0.331. The molecule has 0 amide bonds. The van der Waals surface area contributed by atoms with Crippen LogP contribution in [0.25, 0.3) is 5.57 Å². The van der Waals surface area contributed by atoms with Crippen LogP contribution in [0.1, 0.15) is 33.5 Å². The largest absolute Gasteiger partial charge is 0.478 e. The maximum Gasteiger partial charge on any atom is 0.335 e. The highest BCUT2D eigenvalue weighted by Crippen LogP contribution is 2.30. The normalized spacial score (nSPS) is 12.2. The molecule has 0 saturated carbocycles. The van der Waals surface area contributed by atoms with Gasteiger partial charge in [0.15, 0.2) is 0 Å². The molecular weight excluding hydrogens is 364 g/mol. The maximum absolute atomic E-state index is 10.2. The van der Waals surface area contributed by atoms with Gasteiger partial charge in [-0.1, -0.05) is 36.4 Å². The fraction of sp³-hybridized carbons (Fsp3) is 0.261. The summed E-state index contributed by atoms with van der Waals surface area (Å²) in [4.78, 5) is 16.4. The van der Waals surface area contributed by atoms with Crippen LogP contribution in [0.2, 0.25) is 0 Å². The number of carboxylic acids is 1. The number of hydrogen-bond acceptors (Lipinski definition) is 4. The van der Waals surface area contributed by atoms with Crippen LogP contribution in [-0.2, 0) is 13.0 Å². The van der Waals surface area contributed by atoms with Crippen molar-refractivity contribution in [2.45, 2.75) is 19.4 Å². The summed E-state index contributed by atoms with van der Waals surface area (Å²) >= 11 is 0. The summed E-state index contributed by atoms with van der Waals surface area (Å²) in [6.07, 6.45) is 7.90. The first-order chi connectivity index (χ1) is 14.0. The van der Waals surface area contributed by atoms with Crippen LogP contribution < -0.4 is 0 Å². The Labute approximate surface area is 171 Å². The molecule has 6 heteroatoms. The number of fused-ring (bicyclic) bond motifs is 1. The Bertz CT molecular complexity index is 964. The van der Waals surface area contributed by atoms with Crippen molar-refractivity contribution in [2.75, 3.05) is 20.6 Å². The molecule has 1 aromatic heterocycles. The molecule has 150 valence electrons. The van der Waals surface area contributed by atoms with Crippen LogP contribution in [0.5, 0.6) is 0 Å². The van der Waals surface area contributed by atoms with Gasteiger partial charge in [-0.3, -0.25) is 0 Å². The number of aromatic nitrogens is 3. The molecule has 0 saturated heterocycles. The van der Waals surface area contributed by atoms with E-state index in [-0.39, 0.29) is 0 Å². The van der Waals surface area contributed by atoms with E-state index in [1.807, 2.05) is 4.68 Å². The van der Waals surface area contributed by atoms with Gasteiger partial charge in [0, 0.05) is 6.54 Å². The molecule has 6 nitrogen and oxygen atoms in total. The number of carboxylic acid groups (broad SMARTS) is 1. The molecule has 0 spiro atoms. The fourth-order valence-corrected chi connectivity index (χ4v) is 3.20. The number of aromatic carboxylic acids is 1. The lowest BCUT2D eigenvalue weighted by Crippen LogP contribution is -2.13. The van der Waals surface area contributed by atoms with Gasteiger partial charge in [-0.2, -0.15) is 5.10 Å². The van der Waals surface area contributed by atoms with E-state index < -0.39 is 5.97 Å². The van der Waals surface area contributed by atoms with Gasteiger partial charge in [0.1, 0.15) is 12.7 Å². The van der Waals surface area contributed by atoms with E-state index in [4.69, 9.17) is 5.11 Å². The highest BCUT2D eigenvalue weighted by Gasteiger charge is 2.14. The number of rotatable bonds is 6. The van der Waals surface area contributed by atoms with E-state index in [0.29, 0.717) is 5.56 Å². The number of allylic oxidation sites excluding steroid dienone is 1. The van der Waals surface area contributed by atoms with Crippen LogP contribution in [0.15, 0.2) is 67.3 Å². The van der Waals surface area contributed by atoms with Crippen LogP contribution in [0, 0.1) is 0 Å². The second-order valence-electron chi connectivity index (χ2n) is 7.24. The van der Waals surface area contributed by atoms with E-state index in [1.165, 1.54) is 22.3 Å². The van der Waals surface area contributed by atoms with Crippen LogP contribution >= 0.6 is 0 Å². The molecule has 1 aliphatic carbocycles. The summed E-state index contributed by atoms with van der Waals surface area (Å²) in [6.45, 7) is 1.88. The van der Waals surface area contributed by atoms with Crippen molar-refractivity contribution in [3.8, 4) is 0 Å². The second-order valence-corrected chi connectivity index (χ2v) is 7.24. The summed E-state index contributed by atoms with van der Waals surface area (Å²) in [7, 11) is 4.25. The zero-order valence-corrected chi connectivity index (χ0v) is 16.8. The van der Waals surface area contributed by atoms with Gasteiger partial charge in [0.25, 0.3) is 0 Å². The molecule has 0 radical (unpaired) electrons. The molecule has 1 aliphatic rings. The van der Waals surface area contributed by atoms with Crippen molar-refractivity contribution >= 4 is 11.5 Å². The minimum atomic E-state index is -0.879. The van der Waals surface area contributed by atoms with E-state index in [2.05, 4.69) is 53.4 Å². The number of benzene rings is 2. The molecule has 29 heavy (non-hydrogen) atoms. The lowest BCUT2D eigenvalue weighted by Gasteiger charge is -2.12. The molecule has 2 aromatic carbocycles. The second kappa shape index (κ2) is 9.80. The smallest absolute Gasteiger partial charge is 0.335 e. The lowest BCUT2D eigenvalue weighted by molar-refractivity contribution is 0.0697. The van der Waals surface area contributed by atoms with Gasteiger partial charge < -0.3 is 10.0 Å². The first kappa shape index (κ1) is 20.5. The maximum atomic E-state index is 10.2. The average molecular weight is 390 g/mol. The highest BCUT2D eigenvalue weighted by atomic mass is 16.4. The first-order valence-electron chi connectivity index (χ1n) is 9.59. The number of hydrogen-bond donors (Lipinski definition) is 1. The van der Waals surface area contributed by atoms with Crippen molar-refractivity contribution in [3.63, 3.8) is 0 Å². The molecule has 0 aliphatic heterocycles. The molecule has 0 atom stereocenters. The van der Waals surface area contributed by atoms with E-state index >= 15 is 0 Å². The molecule has 3 aromatic rings. The molecular formula is C23H26N4O2. The van der Waals surface area contributed by atoms with Gasteiger partial charge in [0.05, 0.1) is 12.1 Å². The zero-order chi connectivity index (χ0) is 20.6. The Balaban J connectivity index is 0.000000224. The first-order valence-corrected chi connectivity index (χ1v) is 9.59. The van der Waals surface area contributed by atoms with Gasteiger partial charge in [-0.05, 0) is 67.4 Å². The summed E-state index contributed by atoms with van der Waals surface area (Å²) in [5.74, 6) is -0.879. The molecule has 0 bridgehead atoms. The summed E-state index contributed by atoms with van der Waals surface area (Å²) < 4.78 is 1.86. The Morgan fingerprint density at radius 1 is 1.17 bits per heavy atom. The third-order valence-electron chi connectivity index (χ3n) is 4.75. The van der Waals surface area contributed by atoms with Crippen molar-refractivity contribution in [2.24, 2.45) is 0 Å². The predicted octanol–water partition coefficient (Wildman–Crippen LogP) is 3.60. The fourth-order valence-electron chi connectivity index (χ4n) is 3.20. The minimum Gasteiger partial charge on any atom is -0.478 e. The van der Waals surface area contributed by atoms with Gasteiger partial charge >= 0.3 is 5.97 Å². The third-order valence-corrected chi connectivity index (χ3v) is 4.75. The third kappa shape index (κ3) is 5.86. The Morgan fingerprint density at radius 2 is 1.97 bits per heavy atom. The summed E-state index contributed by atoms with van der Waals surface area (Å²) in [5, 5.41) is 12.6. The summed E-state index contributed by atoms with van der Waals surface area (Å²) in [5.41, 5.74) is 5.96. The topological polar surface area (TPSA) is 71.2 Å². The number of carbonyl (C=O) groups is 1. The Hall–Kier alpha value is -3.25. The van der Waals surface area contributed by atoms with Gasteiger partial charge in [0.2, 0.25) is 0 Å². The molecule has 1 heterocycles. The number of nitrogens with zero attached hydrogens (tertiary/aromatic N) is 4. The van der Waals surface area contributed by atoms with Crippen molar-refractivity contribution < 1.29 is 9.90 Å². The predicted molar refractivity (Wildman–Crippen MR) is 114 cm³/mol. The standard InChI is InChI=1S/C16H20N4.C7H6O2/c1-19(2)8-7-15-6-5-14-4-3-13(9-16(14)15)10-20-12-17-11-18-20;8-7(9)6-4-2-1-3-5-6/h3-4,6,9,11-12H,5,7-8,10H2,1-2H3;1-5H,(H,8,9). The van der Waals surface area contributed by atoms with Crippen molar-refractivity contribution in [1.82, 2.24) is 19.7 Å². The SMILES string of the molecule is CN(C)CCC1=CCc2ccc(Cn3cncn3)cc21.O=C(O)c1ccccc1. The van der Waals surface area contributed by atoms with Gasteiger partial charge in [-0.15, -0.1) is 0 Å². The monoisotopic (exact) mass is 390 g/mol. The van der Waals surface area contributed by atoms with E-state index in [0.717, 1.165) is 25.9 Å². The average Bonchev–Trinajstić information content (AvgIpc) is 3.37.